The van der Waals surface area contributed by atoms with Gasteiger partial charge in [-0.05, 0) is 30.0 Å². The number of aromatic hydroxyl groups is 1. The van der Waals surface area contributed by atoms with E-state index in [0.717, 1.165) is 5.56 Å². The summed E-state index contributed by atoms with van der Waals surface area (Å²) in [5.74, 6) is -3.94. The summed E-state index contributed by atoms with van der Waals surface area (Å²) >= 11 is 4.01. The number of nitrogens with two attached hydrogens (primary N) is 1. The van der Waals surface area contributed by atoms with Crippen molar-refractivity contribution < 1.29 is 34.5 Å². The maximum Gasteiger partial charge on any atom is 0.328 e. The van der Waals surface area contributed by atoms with E-state index in [-0.39, 0.29) is 23.8 Å². The minimum absolute atomic E-state index is 0.0831. The maximum atomic E-state index is 12.7. The number of phenols is 1. The third-order valence-electron chi connectivity index (χ3n) is 4.59. The molecule has 1 aromatic carbocycles. The van der Waals surface area contributed by atoms with Gasteiger partial charge in [0.2, 0.25) is 17.7 Å². The molecule has 0 bridgehead atoms. The molecule has 0 aromatic heterocycles. The summed E-state index contributed by atoms with van der Waals surface area (Å²) in [6.07, 6.45) is 0.179. The van der Waals surface area contributed by atoms with Crippen molar-refractivity contribution in [3.8, 4) is 5.75 Å². The Balaban J connectivity index is 2.78. The van der Waals surface area contributed by atoms with Gasteiger partial charge in [-0.3, -0.25) is 14.4 Å². The van der Waals surface area contributed by atoms with Crippen LogP contribution in [-0.2, 0) is 25.6 Å². The van der Waals surface area contributed by atoms with E-state index in [1.807, 2.05) is 0 Å². The molecule has 0 aliphatic rings. The summed E-state index contributed by atoms with van der Waals surface area (Å²) < 4.78 is 0. The Kier molecular flexibility index (Phi) is 11.0. The molecule has 0 heterocycles. The van der Waals surface area contributed by atoms with Gasteiger partial charge in [0.15, 0.2) is 0 Å². The highest BCUT2D eigenvalue weighted by molar-refractivity contribution is 7.80. The van der Waals surface area contributed by atoms with Crippen LogP contribution in [0.15, 0.2) is 24.3 Å². The number of nitrogens with one attached hydrogen (secondary N) is 3. The standard InChI is InChI=1S/C20H30N4O7S/c1-10(2)16(24-17(27)13(21)7-11-3-5-12(26)6-4-11)19(29)23-15(9-32)18(28)22-14(8-25)20(30)31/h3-6,10,13-16,25-26,32H,7-9,21H2,1-2H3,(H,22,28)(H,23,29)(H,24,27)(H,30,31). The molecular formula is C20H30N4O7S. The molecule has 0 aliphatic carbocycles. The van der Waals surface area contributed by atoms with Crippen LogP contribution in [0.4, 0.5) is 0 Å². The number of aliphatic carboxylic acids is 1. The first-order valence-corrected chi connectivity index (χ1v) is 10.5. The number of hydrogen-bond donors (Lipinski definition) is 8. The Morgan fingerprint density at radius 3 is 2.00 bits per heavy atom. The van der Waals surface area contributed by atoms with Crippen molar-refractivity contribution >= 4 is 36.3 Å². The second kappa shape index (κ2) is 12.9. The number of phenolic OH excluding ortho intramolecular Hbond substituents is 1. The summed E-state index contributed by atoms with van der Waals surface area (Å²) in [5.41, 5.74) is 6.67. The zero-order valence-corrected chi connectivity index (χ0v) is 18.7. The molecule has 0 spiro atoms. The first kappa shape index (κ1) is 27.2. The number of thiol groups is 1. The lowest BCUT2D eigenvalue weighted by molar-refractivity contribution is -0.143. The summed E-state index contributed by atoms with van der Waals surface area (Å²) in [4.78, 5) is 48.5. The van der Waals surface area contributed by atoms with Crippen molar-refractivity contribution in [3.05, 3.63) is 29.8 Å². The van der Waals surface area contributed by atoms with Crippen LogP contribution in [0.1, 0.15) is 19.4 Å². The molecular weight excluding hydrogens is 440 g/mol. The summed E-state index contributed by atoms with van der Waals surface area (Å²) in [7, 11) is 0. The Bertz CT molecular complexity index is 804. The first-order chi connectivity index (χ1) is 15.0. The van der Waals surface area contributed by atoms with Gasteiger partial charge in [-0.15, -0.1) is 0 Å². The topological polar surface area (TPSA) is 191 Å². The number of carbonyl (C=O) groups excluding carboxylic acids is 3. The van der Waals surface area contributed by atoms with E-state index in [1.54, 1.807) is 26.0 Å². The molecule has 1 aromatic rings. The van der Waals surface area contributed by atoms with E-state index < -0.39 is 54.5 Å². The second-order valence-electron chi connectivity index (χ2n) is 7.53. The molecule has 0 saturated heterocycles. The lowest BCUT2D eigenvalue weighted by atomic mass is 10.0. The van der Waals surface area contributed by atoms with Gasteiger partial charge in [0.05, 0.1) is 12.6 Å². The van der Waals surface area contributed by atoms with Crippen molar-refractivity contribution in [2.45, 2.75) is 44.4 Å². The molecule has 12 heteroatoms. The second-order valence-corrected chi connectivity index (χ2v) is 7.90. The van der Waals surface area contributed by atoms with Crippen molar-refractivity contribution in [2.24, 2.45) is 11.7 Å². The molecule has 0 aliphatic heterocycles. The average Bonchev–Trinajstić information content (AvgIpc) is 2.74. The molecule has 1 rings (SSSR count). The number of hydrogen-bond acceptors (Lipinski definition) is 8. The summed E-state index contributed by atoms with van der Waals surface area (Å²) in [6.45, 7) is 2.56. The minimum Gasteiger partial charge on any atom is -0.508 e. The SMILES string of the molecule is CC(C)C(NC(=O)C(N)Cc1ccc(O)cc1)C(=O)NC(CS)C(=O)NC(CO)C(=O)O. The summed E-state index contributed by atoms with van der Waals surface area (Å²) in [5, 5.41) is 34.4. The molecule has 4 unspecified atom stereocenters. The van der Waals surface area contributed by atoms with Gasteiger partial charge in [0.25, 0.3) is 0 Å². The van der Waals surface area contributed by atoms with Crippen LogP contribution < -0.4 is 21.7 Å². The number of aliphatic hydroxyl groups is 1. The Morgan fingerprint density at radius 2 is 1.53 bits per heavy atom. The van der Waals surface area contributed by atoms with Crippen LogP contribution in [0, 0.1) is 5.92 Å². The fourth-order valence-electron chi connectivity index (χ4n) is 2.69. The lowest BCUT2D eigenvalue weighted by Crippen LogP contribution is -2.59. The number of carboxylic acid groups (broad SMARTS) is 1. The number of carbonyl (C=O) groups is 4. The molecule has 0 radical (unpaired) electrons. The van der Waals surface area contributed by atoms with E-state index in [0.29, 0.717) is 0 Å². The van der Waals surface area contributed by atoms with E-state index in [1.165, 1.54) is 12.1 Å². The number of benzene rings is 1. The Morgan fingerprint density at radius 1 is 0.969 bits per heavy atom. The number of carboxylic acids is 1. The van der Waals surface area contributed by atoms with Crippen molar-refractivity contribution in [2.75, 3.05) is 12.4 Å². The highest BCUT2D eigenvalue weighted by Crippen LogP contribution is 2.11. The van der Waals surface area contributed by atoms with Gasteiger partial charge < -0.3 is 37.0 Å². The van der Waals surface area contributed by atoms with Crippen LogP contribution in [0.25, 0.3) is 0 Å². The van der Waals surface area contributed by atoms with Gasteiger partial charge in [0.1, 0.15) is 23.9 Å². The Labute approximate surface area is 191 Å². The zero-order chi connectivity index (χ0) is 24.4. The fourth-order valence-corrected chi connectivity index (χ4v) is 2.94. The third kappa shape index (κ3) is 8.36. The van der Waals surface area contributed by atoms with Crippen LogP contribution in [0.2, 0.25) is 0 Å². The molecule has 0 fully saturated rings. The van der Waals surface area contributed by atoms with Crippen LogP contribution >= 0.6 is 12.6 Å². The first-order valence-electron chi connectivity index (χ1n) is 9.89. The molecule has 178 valence electrons. The fraction of sp³-hybridized carbons (Fsp3) is 0.500. The number of aliphatic hydroxyl groups excluding tert-OH is 1. The molecule has 0 saturated carbocycles. The predicted molar refractivity (Wildman–Crippen MR) is 119 cm³/mol. The molecule has 4 atom stereocenters. The van der Waals surface area contributed by atoms with E-state index >= 15 is 0 Å². The summed E-state index contributed by atoms with van der Waals surface area (Å²) in [6, 6.07) is 1.50. The highest BCUT2D eigenvalue weighted by Gasteiger charge is 2.31. The van der Waals surface area contributed by atoms with Crippen molar-refractivity contribution in [1.82, 2.24) is 16.0 Å². The van der Waals surface area contributed by atoms with Gasteiger partial charge in [-0.25, -0.2) is 4.79 Å². The van der Waals surface area contributed by atoms with Gasteiger partial charge >= 0.3 is 5.97 Å². The van der Waals surface area contributed by atoms with Gasteiger partial charge in [-0.1, -0.05) is 26.0 Å². The number of rotatable bonds is 12. The minimum atomic E-state index is -1.53. The monoisotopic (exact) mass is 470 g/mol. The third-order valence-corrected chi connectivity index (χ3v) is 4.95. The highest BCUT2D eigenvalue weighted by atomic mass is 32.1. The smallest absolute Gasteiger partial charge is 0.328 e. The molecule has 32 heavy (non-hydrogen) atoms. The van der Waals surface area contributed by atoms with Crippen LogP contribution in [-0.4, -0.2) is 75.5 Å². The van der Waals surface area contributed by atoms with Gasteiger partial charge in [0, 0.05) is 5.75 Å². The molecule has 8 N–H and O–H groups in total. The van der Waals surface area contributed by atoms with Gasteiger partial charge in [-0.2, -0.15) is 12.6 Å². The number of amides is 3. The normalized spacial score (nSPS) is 14.7. The van der Waals surface area contributed by atoms with Crippen molar-refractivity contribution in [1.29, 1.82) is 0 Å². The molecule has 3 amide bonds. The average molecular weight is 471 g/mol. The maximum absolute atomic E-state index is 12.7. The zero-order valence-electron chi connectivity index (χ0n) is 17.8. The van der Waals surface area contributed by atoms with E-state index in [9.17, 15) is 24.3 Å². The van der Waals surface area contributed by atoms with Crippen LogP contribution in [0.3, 0.4) is 0 Å². The van der Waals surface area contributed by atoms with Crippen molar-refractivity contribution in [3.63, 3.8) is 0 Å². The quantitative estimate of drug-likeness (QED) is 0.167. The molecule has 11 nitrogen and oxygen atoms in total. The van der Waals surface area contributed by atoms with E-state index in [4.69, 9.17) is 15.9 Å². The van der Waals surface area contributed by atoms with Crippen LogP contribution in [0.5, 0.6) is 5.75 Å². The lowest BCUT2D eigenvalue weighted by Gasteiger charge is -2.26. The largest absolute Gasteiger partial charge is 0.508 e. The Hall–Kier alpha value is -2.83. The van der Waals surface area contributed by atoms with E-state index in [2.05, 4.69) is 28.6 Å². The predicted octanol–water partition coefficient (Wildman–Crippen LogP) is -1.62.